The second-order valence-corrected chi connectivity index (χ2v) is 8.45. The van der Waals surface area contributed by atoms with Gasteiger partial charge in [-0.05, 0) is 50.3 Å². The molecule has 0 spiro atoms. The number of benzene rings is 1. The summed E-state index contributed by atoms with van der Waals surface area (Å²) in [5, 5.41) is 2.80. The van der Waals surface area contributed by atoms with Gasteiger partial charge in [0, 0.05) is 11.3 Å². The van der Waals surface area contributed by atoms with Crippen LogP contribution in [0, 0.1) is 11.8 Å². The Labute approximate surface area is 169 Å². The van der Waals surface area contributed by atoms with E-state index in [0.717, 1.165) is 25.7 Å². The maximum Gasteiger partial charge on any atom is 0.247 e. The third-order valence-corrected chi connectivity index (χ3v) is 6.27. The van der Waals surface area contributed by atoms with E-state index in [1.54, 1.807) is 36.0 Å². The number of nitrogens with one attached hydrogen (secondary N) is 1. The summed E-state index contributed by atoms with van der Waals surface area (Å²) >= 11 is 1.57. The number of nitrogens with zero attached hydrogens (tertiary/aromatic N) is 1. The molecular weight excluding hydrogens is 376 g/mol. The summed E-state index contributed by atoms with van der Waals surface area (Å²) in [7, 11) is 0. The number of rotatable bonds is 7. The molecule has 1 N–H and O–H groups in total. The van der Waals surface area contributed by atoms with Crippen LogP contribution in [0.3, 0.4) is 0 Å². The molecule has 1 saturated heterocycles. The number of likely N-dealkylation sites (tertiary alicyclic amines) is 1. The second-order valence-electron chi connectivity index (χ2n) is 7.47. The minimum Gasteiger partial charge on any atom is -0.324 e. The van der Waals surface area contributed by atoms with Gasteiger partial charge in [-0.2, -0.15) is 11.8 Å². The molecule has 2 aliphatic rings. The Hall–Kier alpha value is -2.15. The Morgan fingerprint density at radius 2 is 1.82 bits per heavy atom. The van der Waals surface area contributed by atoms with Crippen LogP contribution in [-0.4, -0.2) is 46.5 Å². The maximum absolute atomic E-state index is 13.0. The Morgan fingerprint density at radius 3 is 2.39 bits per heavy atom. The molecule has 0 radical (unpaired) electrons. The van der Waals surface area contributed by atoms with E-state index in [9.17, 15) is 19.2 Å². The molecule has 7 heteroatoms. The molecule has 0 aromatic heterocycles. The SMILES string of the molecule is CSCC[C@@H](C(=O)Nc1cccc(C(C)=O)c1)N1C(=O)[C@H]2CCCC[C@H]2C1=O. The summed E-state index contributed by atoms with van der Waals surface area (Å²) < 4.78 is 0. The smallest absolute Gasteiger partial charge is 0.247 e. The molecule has 2 fully saturated rings. The zero-order chi connectivity index (χ0) is 20.3. The Balaban J connectivity index is 1.82. The lowest BCUT2D eigenvalue weighted by Crippen LogP contribution is -2.48. The lowest BCUT2D eigenvalue weighted by atomic mass is 9.81. The van der Waals surface area contributed by atoms with Crippen molar-refractivity contribution >= 4 is 41.0 Å². The van der Waals surface area contributed by atoms with Gasteiger partial charge >= 0.3 is 0 Å². The van der Waals surface area contributed by atoms with Gasteiger partial charge in [-0.1, -0.05) is 25.0 Å². The summed E-state index contributed by atoms with van der Waals surface area (Å²) in [6.07, 6.45) is 5.70. The number of carbonyl (C=O) groups is 4. The number of fused-ring (bicyclic) bond motifs is 1. The Bertz CT molecular complexity index is 770. The largest absolute Gasteiger partial charge is 0.324 e. The van der Waals surface area contributed by atoms with Gasteiger partial charge in [-0.25, -0.2) is 0 Å². The van der Waals surface area contributed by atoms with E-state index in [4.69, 9.17) is 0 Å². The van der Waals surface area contributed by atoms with E-state index in [1.165, 1.54) is 11.8 Å². The number of Topliss-reactive ketones (excluding diaryl/α,β-unsaturated/α-hetero) is 1. The molecule has 0 unspecified atom stereocenters. The fourth-order valence-corrected chi connectivity index (χ4v) is 4.60. The number of carbonyl (C=O) groups excluding carboxylic acids is 4. The van der Waals surface area contributed by atoms with Crippen LogP contribution in [0.4, 0.5) is 5.69 Å². The standard InChI is InChI=1S/C21H26N2O4S/c1-13(24)14-6-5-7-15(12-14)22-19(25)18(10-11-28-2)23-20(26)16-8-3-4-9-17(16)21(23)27/h5-7,12,16-18H,3-4,8-11H2,1-2H3,(H,22,25)/t16-,17+,18-/m0/s1. The quantitative estimate of drug-likeness (QED) is 0.560. The van der Waals surface area contributed by atoms with Crippen LogP contribution < -0.4 is 5.32 Å². The molecule has 3 rings (SSSR count). The van der Waals surface area contributed by atoms with E-state index in [2.05, 4.69) is 5.32 Å². The van der Waals surface area contributed by atoms with Gasteiger partial charge in [0.1, 0.15) is 6.04 Å². The van der Waals surface area contributed by atoms with E-state index in [0.29, 0.717) is 23.4 Å². The number of hydrogen-bond donors (Lipinski definition) is 1. The summed E-state index contributed by atoms with van der Waals surface area (Å²) in [5.74, 6) is -0.752. The van der Waals surface area contributed by atoms with Crippen LogP contribution in [0.2, 0.25) is 0 Å². The van der Waals surface area contributed by atoms with Gasteiger partial charge in [0.25, 0.3) is 0 Å². The molecule has 0 bridgehead atoms. The summed E-state index contributed by atoms with van der Waals surface area (Å²) in [5.41, 5.74) is 0.987. The molecule has 1 aromatic carbocycles. The Morgan fingerprint density at radius 1 is 1.18 bits per heavy atom. The van der Waals surface area contributed by atoms with E-state index in [1.807, 2.05) is 6.26 Å². The highest BCUT2D eigenvalue weighted by molar-refractivity contribution is 7.98. The highest BCUT2D eigenvalue weighted by Gasteiger charge is 2.51. The zero-order valence-corrected chi connectivity index (χ0v) is 17.1. The van der Waals surface area contributed by atoms with Crippen molar-refractivity contribution in [3.63, 3.8) is 0 Å². The van der Waals surface area contributed by atoms with Crippen LogP contribution in [0.25, 0.3) is 0 Å². The van der Waals surface area contributed by atoms with Gasteiger partial charge in [-0.3, -0.25) is 24.1 Å². The summed E-state index contributed by atoms with van der Waals surface area (Å²) in [6.45, 7) is 1.46. The number of thioether (sulfide) groups is 1. The number of amides is 3. The number of hydrogen-bond acceptors (Lipinski definition) is 5. The molecule has 1 saturated carbocycles. The fraction of sp³-hybridized carbons (Fsp3) is 0.524. The normalized spacial score (nSPS) is 22.7. The van der Waals surface area contributed by atoms with Crippen molar-refractivity contribution in [1.82, 2.24) is 4.90 Å². The van der Waals surface area contributed by atoms with Crippen molar-refractivity contribution in [2.75, 3.05) is 17.3 Å². The maximum atomic E-state index is 13.0. The molecule has 1 aliphatic carbocycles. The lowest BCUT2D eigenvalue weighted by Gasteiger charge is -2.26. The van der Waals surface area contributed by atoms with Gasteiger partial charge in [-0.15, -0.1) is 0 Å². The first-order valence-corrected chi connectivity index (χ1v) is 11.1. The highest BCUT2D eigenvalue weighted by Crippen LogP contribution is 2.39. The van der Waals surface area contributed by atoms with Gasteiger partial charge in [0.15, 0.2) is 5.78 Å². The first kappa shape index (κ1) is 20.6. The van der Waals surface area contributed by atoms with Crippen LogP contribution in [-0.2, 0) is 14.4 Å². The summed E-state index contributed by atoms with van der Waals surface area (Å²) in [6, 6.07) is 5.87. The van der Waals surface area contributed by atoms with Crippen molar-refractivity contribution < 1.29 is 19.2 Å². The molecule has 1 aromatic rings. The third kappa shape index (κ3) is 4.14. The monoisotopic (exact) mass is 402 g/mol. The molecule has 28 heavy (non-hydrogen) atoms. The third-order valence-electron chi connectivity index (χ3n) is 5.62. The minimum absolute atomic E-state index is 0.0935. The number of ketones is 1. The number of imide groups is 1. The van der Waals surface area contributed by atoms with Crippen LogP contribution in [0.15, 0.2) is 24.3 Å². The van der Waals surface area contributed by atoms with Gasteiger partial charge in [0.2, 0.25) is 17.7 Å². The topological polar surface area (TPSA) is 83.6 Å². The van der Waals surface area contributed by atoms with Crippen molar-refractivity contribution in [1.29, 1.82) is 0 Å². The minimum atomic E-state index is -0.820. The highest BCUT2D eigenvalue weighted by atomic mass is 32.2. The van der Waals surface area contributed by atoms with E-state index >= 15 is 0 Å². The average molecular weight is 403 g/mol. The van der Waals surface area contributed by atoms with Crippen LogP contribution in [0.1, 0.15) is 49.4 Å². The van der Waals surface area contributed by atoms with Crippen LogP contribution >= 0.6 is 11.8 Å². The van der Waals surface area contributed by atoms with Crippen molar-refractivity contribution in [3.8, 4) is 0 Å². The molecule has 150 valence electrons. The molecular formula is C21H26N2O4S. The van der Waals surface area contributed by atoms with Crippen molar-refractivity contribution in [3.05, 3.63) is 29.8 Å². The predicted octanol–water partition coefficient (Wildman–Crippen LogP) is 3.12. The first-order chi connectivity index (χ1) is 13.4. The predicted molar refractivity (Wildman–Crippen MR) is 109 cm³/mol. The molecule has 3 amide bonds. The second kappa shape index (κ2) is 8.90. The van der Waals surface area contributed by atoms with Crippen LogP contribution in [0.5, 0.6) is 0 Å². The average Bonchev–Trinajstić information content (AvgIpc) is 2.94. The first-order valence-electron chi connectivity index (χ1n) is 9.71. The van der Waals surface area contributed by atoms with Crippen molar-refractivity contribution in [2.24, 2.45) is 11.8 Å². The van der Waals surface area contributed by atoms with E-state index < -0.39 is 6.04 Å². The summed E-state index contributed by atoms with van der Waals surface area (Å²) in [4.78, 5) is 51.7. The number of anilines is 1. The fourth-order valence-electron chi connectivity index (χ4n) is 4.14. The van der Waals surface area contributed by atoms with Crippen molar-refractivity contribution in [2.45, 2.75) is 45.1 Å². The zero-order valence-electron chi connectivity index (χ0n) is 16.3. The molecule has 1 heterocycles. The molecule has 6 nitrogen and oxygen atoms in total. The van der Waals surface area contributed by atoms with Gasteiger partial charge in [0.05, 0.1) is 11.8 Å². The molecule has 3 atom stereocenters. The Kier molecular flexibility index (Phi) is 6.54. The molecule has 1 aliphatic heterocycles. The lowest BCUT2D eigenvalue weighted by molar-refractivity contribution is -0.146. The van der Waals surface area contributed by atoms with E-state index in [-0.39, 0.29) is 35.3 Å². The van der Waals surface area contributed by atoms with Gasteiger partial charge < -0.3 is 5.32 Å².